The van der Waals surface area contributed by atoms with Gasteiger partial charge in [0.2, 0.25) is 5.88 Å². The van der Waals surface area contributed by atoms with E-state index in [2.05, 4.69) is 4.98 Å². The van der Waals surface area contributed by atoms with Crippen molar-refractivity contribution in [2.75, 3.05) is 25.4 Å². The SMILES string of the molecule is CC(C)(C)OC(=O)N1CC(COc2ccc(N)cn2)C1. The molecule has 6 heteroatoms. The summed E-state index contributed by atoms with van der Waals surface area (Å²) in [5, 5.41) is 0. The molecule has 0 saturated carbocycles. The monoisotopic (exact) mass is 279 g/mol. The highest BCUT2D eigenvalue weighted by Crippen LogP contribution is 2.20. The zero-order valence-corrected chi connectivity index (χ0v) is 12.1. The lowest BCUT2D eigenvalue weighted by Gasteiger charge is -2.39. The highest BCUT2D eigenvalue weighted by Gasteiger charge is 2.34. The molecule has 0 unspecified atom stereocenters. The van der Waals surface area contributed by atoms with Crippen molar-refractivity contribution in [2.24, 2.45) is 5.92 Å². The van der Waals surface area contributed by atoms with Crippen LogP contribution in [0.25, 0.3) is 0 Å². The summed E-state index contributed by atoms with van der Waals surface area (Å²) in [5.74, 6) is 0.872. The van der Waals surface area contributed by atoms with Crippen molar-refractivity contribution < 1.29 is 14.3 Å². The topological polar surface area (TPSA) is 77.7 Å². The summed E-state index contributed by atoms with van der Waals surface area (Å²) in [6, 6.07) is 3.48. The van der Waals surface area contributed by atoms with Crippen molar-refractivity contribution in [3.63, 3.8) is 0 Å². The molecule has 1 aliphatic rings. The van der Waals surface area contributed by atoms with Gasteiger partial charge in [-0.3, -0.25) is 0 Å². The van der Waals surface area contributed by atoms with E-state index < -0.39 is 5.60 Å². The van der Waals surface area contributed by atoms with Crippen molar-refractivity contribution >= 4 is 11.8 Å². The summed E-state index contributed by atoms with van der Waals surface area (Å²) in [5.41, 5.74) is 5.70. The lowest BCUT2D eigenvalue weighted by molar-refractivity contribution is -0.00807. The van der Waals surface area contributed by atoms with Gasteiger partial charge in [0.1, 0.15) is 5.60 Å². The number of likely N-dealkylation sites (tertiary alicyclic amines) is 1. The highest BCUT2D eigenvalue weighted by atomic mass is 16.6. The number of pyridine rings is 1. The van der Waals surface area contributed by atoms with Gasteiger partial charge >= 0.3 is 6.09 Å². The van der Waals surface area contributed by atoms with Crippen LogP contribution in [-0.4, -0.2) is 41.3 Å². The number of carbonyl (C=O) groups excluding carboxylic acids is 1. The normalized spacial score (nSPS) is 15.7. The molecule has 0 atom stereocenters. The smallest absolute Gasteiger partial charge is 0.410 e. The quantitative estimate of drug-likeness (QED) is 0.914. The van der Waals surface area contributed by atoms with Crippen molar-refractivity contribution in [2.45, 2.75) is 26.4 Å². The molecule has 1 fully saturated rings. The molecule has 0 aliphatic carbocycles. The number of aromatic nitrogens is 1. The van der Waals surface area contributed by atoms with Crippen LogP contribution in [0.1, 0.15) is 20.8 Å². The minimum absolute atomic E-state index is 0.264. The maximum Gasteiger partial charge on any atom is 0.410 e. The Balaban J connectivity index is 1.69. The van der Waals surface area contributed by atoms with Gasteiger partial charge in [0.15, 0.2) is 0 Å². The number of carbonyl (C=O) groups is 1. The first-order valence-corrected chi connectivity index (χ1v) is 6.66. The Bertz CT molecular complexity index is 462. The van der Waals surface area contributed by atoms with Crippen molar-refractivity contribution in [1.82, 2.24) is 9.88 Å². The summed E-state index contributed by atoms with van der Waals surface area (Å²) in [6.45, 7) is 7.43. The maximum atomic E-state index is 11.7. The first-order valence-electron chi connectivity index (χ1n) is 6.66. The Morgan fingerprint density at radius 3 is 2.70 bits per heavy atom. The highest BCUT2D eigenvalue weighted by molar-refractivity contribution is 5.69. The van der Waals surface area contributed by atoms with E-state index in [9.17, 15) is 4.79 Å². The fourth-order valence-electron chi connectivity index (χ4n) is 1.83. The second-order valence-electron chi connectivity index (χ2n) is 5.99. The molecule has 1 aromatic rings. The van der Waals surface area contributed by atoms with Crippen LogP contribution in [0.5, 0.6) is 5.88 Å². The Hall–Kier alpha value is -1.98. The number of rotatable bonds is 3. The Kier molecular flexibility index (Phi) is 4.01. The zero-order valence-electron chi connectivity index (χ0n) is 12.1. The average molecular weight is 279 g/mol. The van der Waals surface area contributed by atoms with Crippen molar-refractivity contribution in [1.29, 1.82) is 0 Å². The van der Waals surface area contributed by atoms with Gasteiger partial charge < -0.3 is 20.1 Å². The van der Waals surface area contributed by atoms with Crippen LogP contribution in [0.15, 0.2) is 18.3 Å². The number of hydrogen-bond donors (Lipinski definition) is 1. The van der Waals surface area contributed by atoms with Crippen molar-refractivity contribution in [3.8, 4) is 5.88 Å². The molecule has 0 aromatic carbocycles. The molecule has 1 amide bonds. The minimum atomic E-state index is -0.452. The molecule has 110 valence electrons. The van der Waals surface area contributed by atoms with Gasteiger partial charge in [0, 0.05) is 25.1 Å². The third kappa shape index (κ3) is 4.01. The van der Waals surface area contributed by atoms with E-state index in [1.165, 1.54) is 0 Å². The van der Waals surface area contributed by atoms with Crippen LogP contribution in [0.3, 0.4) is 0 Å². The van der Waals surface area contributed by atoms with Gasteiger partial charge in [0.25, 0.3) is 0 Å². The number of amides is 1. The molecule has 0 spiro atoms. The summed E-state index contributed by atoms with van der Waals surface area (Å²) in [6.07, 6.45) is 1.29. The van der Waals surface area contributed by atoms with Gasteiger partial charge in [-0.1, -0.05) is 0 Å². The van der Waals surface area contributed by atoms with Crippen LogP contribution < -0.4 is 10.5 Å². The first kappa shape index (κ1) is 14.4. The molecule has 2 rings (SSSR count). The number of nitrogens with zero attached hydrogens (tertiary/aromatic N) is 2. The summed E-state index contributed by atoms with van der Waals surface area (Å²) in [7, 11) is 0. The average Bonchev–Trinajstić information content (AvgIpc) is 2.27. The third-order valence-electron chi connectivity index (χ3n) is 2.84. The van der Waals surface area contributed by atoms with Crippen molar-refractivity contribution in [3.05, 3.63) is 18.3 Å². The van der Waals surface area contributed by atoms with E-state index in [4.69, 9.17) is 15.2 Å². The van der Waals surface area contributed by atoms with Crippen LogP contribution in [0.2, 0.25) is 0 Å². The maximum absolute atomic E-state index is 11.7. The zero-order chi connectivity index (χ0) is 14.8. The molecular formula is C14H21N3O3. The molecular weight excluding hydrogens is 258 g/mol. The molecule has 20 heavy (non-hydrogen) atoms. The van der Waals surface area contributed by atoms with Gasteiger partial charge in [-0.15, -0.1) is 0 Å². The van der Waals surface area contributed by atoms with Gasteiger partial charge in [-0.25, -0.2) is 9.78 Å². The van der Waals surface area contributed by atoms with Crippen LogP contribution in [-0.2, 0) is 4.74 Å². The Morgan fingerprint density at radius 2 is 2.15 bits per heavy atom. The van der Waals surface area contributed by atoms with Crippen LogP contribution in [0, 0.1) is 5.92 Å². The molecule has 2 heterocycles. The first-order chi connectivity index (χ1) is 9.33. The molecule has 1 aromatic heterocycles. The van der Waals surface area contributed by atoms with Crippen LogP contribution >= 0.6 is 0 Å². The number of hydrogen-bond acceptors (Lipinski definition) is 5. The lowest BCUT2D eigenvalue weighted by atomic mass is 10.0. The number of nitrogens with two attached hydrogens (primary N) is 1. The standard InChI is InChI=1S/C14H21N3O3/c1-14(2,3)20-13(18)17-7-10(8-17)9-19-12-5-4-11(15)6-16-12/h4-6,10H,7-9,15H2,1-3H3. The Morgan fingerprint density at radius 1 is 1.45 bits per heavy atom. The molecule has 2 N–H and O–H groups in total. The van der Waals surface area contributed by atoms with E-state index in [-0.39, 0.29) is 6.09 Å². The molecule has 0 radical (unpaired) electrons. The fraction of sp³-hybridized carbons (Fsp3) is 0.571. The third-order valence-corrected chi connectivity index (χ3v) is 2.84. The van der Waals surface area contributed by atoms with Crippen LogP contribution in [0.4, 0.5) is 10.5 Å². The molecule has 6 nitrogen and oxygen atoms in total. The number of nitrogen functional groups attached to an aromatic ring is 1. The molecule has 1 saturated heterocycles. The lowest BCUT2D eigenvalue weighted by Crippen LogP contribution is -2.53. The summed E-state index contributed by atoms with van der Waals surface area (Å²) < 4.78 is 10.8. The molecule has 0 bridgehead atoms. The largest absolute Gasteiger partial charge is 0.477 e. The van der Waals surface area contributed by atoms with E-state index >= 15 is 0 Å². The number of anilines is 1. The summed E-state index contributed by atoms with van der Waals surface area (Å²) in [4.78, 5) is 17.5. The van der Waals surface area contributed by atoms with Gasteiger partial charge in [-0.05, 0) is 26.8 Å². The van der Waals surface area contributed by atoms with Gasteiger partial charge in [-0.2, -0.15) is 0 Å². The fourth-order valence-corrected chi connectivity index (χ4v) is 1.83. The number of ether oxygens (including phenoxy) is 2. The summed E-state index contributed by atoms with van der Waals surface area (Å²) >= 11 is 0. The predicted molar refractivity (Wildman–Crippen MR) is 75.4 cm³/mol. The van der Waals surface area contributed by atoms with E-state index in [1.807, 2.05) is 20.8 Å². The Labute approximate surface area is 118 Å². The molecule has 1 aliphatic heterocycles. The van der Waals surface area contributed by atoms with E-state index in [1.54, 1.807) is 23.2 Å². The second-order valence-corrected chi connectivity index (χ2v) is 5.99. The minimum Gasteiger partial charge on any atom is -0.477 e. The predicted octanol–water partition coefficient (Wildman–Crippen LogP) is 1.91. The second kappa shape index (κ2) is 5.56. The van der Waals surface area contributed by atoms with E-state index in [0.717, 1.165) is 0 Å². The van der Waals surface area contributed by atoms with E-state index in [0.29, 0.717) is 37.2 Å². The van der Waals surface area contributed by atoms with Gasteiger partial charge in [0.05, 0.1) is 18.5 Å².